The summed E-state index contributed by atoms with van der Waals surface area (Å²) in [4.78, 5) is 34.1. The molecule has 1 saturated heterocycles. The van der Waals surface area contributed by atoms with E-state index in [9.17, 15) is 9.59 Å². The lowest BCUT2D eigenvalue weighted by Crippen LogP contribution is -2.55. The van der Waals surface area contributed by atoms with Crippen molar-refractivity contribution in [1.82, 2.24) is 14.7 Å². The van der Waals surface area contributed by atoms with Crippen LogP contribution in [0.25, 0.3) is 0 Å². The van der Waals surface area contributed by atoms with E-state index in [1.165, 1.54) is 21.6 Å². The molecule has 188 valence electrons. The molecule has 0 radical (unpaired) electrons. The maximum absolute atomic E-state index is 13.2. The summed E-state index contributed by atoms with van der Waals surface area (Å²) in [5, 5.41) is 2.19. The van der Waals surface area contributed by atoms with Crippen molar-refractivity contribution in [3.63, 3.8) is 0 Å². The molecule has 0 unspecified atom stereocenters. The molecule has 1 aromatic heterocycles. The monoisotopic (exact) mass is 501 g/mol. The number of hydrogen-bond donors (Lipinski definition) is 0. The van der Waals surface area contributed by atoms with Gasteiger partial charge in [-0.05, 0) is 60.0 Å². The molecule has 2 aliphatic heterocycles. The molecule has 3 heterocycles. The number of piperazine rings is 1. The van der Waals surface area contributed by atoms with Crippen LogP contribution in [0.15, 0.2) is 66.0 Å². The highest BCUT2D eigenvalue weighted by molar-refractivity contribution is 7.10. The van der Waals surface area contributed by atoms with Gasteiger partial charge in [-0.15, -0.1) is 11.3 Å². The van der Waals surface area contributed by atoms with E-state index in [1.807, 2.05) is 52.3 Å². The fourth-order valence-electron chi connectivity index (χ4n) is 5.57. The Labute approximate surface area is 218 Å². The largest absolute Gasteiger partial charge is 0.339 e. The SMILES string of the molecule is CCc1ccc(C(=O)N2CCN(C(=O)CCN3CCc4sccc4[C@H]3c3ccccc3)C[C@H]2C)cc1. The van der Waals surface area contributed by atoms with Gasteiger partial charge in [0.25, 0.3) is 5.91 Å². The molecule has 2 aromatic carbocycles. The average Bonchev–Trinajstić information content (AvgIpc) is 3.40. The predicted octanol–water partition coefficient (Wildman–Crippen LogP) is 5.02. The maximum Gasteiger partial charge on any atom is 0.254 e. The van der Waals surface area contributed by atoms with Gasteiger partial charge in [0.05, 0.1) is 6.04 Å². The highest BCUT2D eigenvalue weighted by Crippen LogP contribution is 2.37. The van der Waals surface area contributed by atoms with Gasteiger partial charge in [0.15, 0.2) is 0 Å². The van der Waals surface area contributed by atoms with Crippen molar-refractivity contribution in [3.8, 4) is 0 Å². The van der Waals surface area contributed by atoms with Crippen LogP contribution in [0.4, 0.5) is 0 Å². The second kappa shape index (κ2) is 11.0. The van der Waals surface area contributed by atoms with Gasteiger partial charge in [-0.2, -0.15) is 0 Å². The standard InChI is InChI=1S/C30H35N3O2S/c1-3-23-9-11-25(12-10-23)30(35)33-19-18-32(21-22(33)2)28(34)14-17-31-16-13-27-26(15-20-36-27)29(31)24-7-5-4-6-8-24/h4-12,15,20,22,29H,3,13-14,16-19,21H2,1-2H3/t22-,29-/m1/s1. The lowest BCUT2D eigenvalue weighted by molar-refractivity contribution is -0.134. The molecule has 2 atom stereocenters. The smallest absolute Gasteiger partial charge is 0.254 e. The predicted molar refractivity (Wildman–Crippen MR) is 145 cm³/mol. The summed E-state index contributed by atoms with van der Waals surface area (Å²) >= 11 is 1.84. The van der Waals surface area contributed by atoms with Crippen LogP contribution in [0.2, 0.25) is 0 Å². The molecule has 2 aliphatic rings. The first-order valence-electron chi connectivity index (χ1n) is 13.1. The lowest BCUT2D eigenvalue weighted by atomic mass is 9.93. The van der Waals surface area contributed by atoms with Crippen LogP contribution in [-0.2, 0) is 17.6 Å². The fourth-order valence-corrected chi connectivity index (χ4v) is 6.47. The van der Waals surface area contributed by atoms with Crippen molar-refractivity contribution >= 4 is 23.2 Å². The first-order chi connectivity index (χ1) is 17.5. The van der Waals surface area contributed by atoms with Crippen LogP contribution < -0.4 is 0 Å². The quantitative estimate of drug-likeness (QED) is 0.476. The summed E-state index contributed by atoms with van der Waals surface area (Å²) in [6.07, 6.45) is 2.51. The summed E-state index contributed by atoms with van der Waals surface area (Å²) < 4.78 is 0. The number of carbonyl (C=O) groups excluding carboxylic acids is 2. The summed E-state index contributed by atoms with van der Waals surface area (Å²) in [5.74, 6) is 0.243. The van der Waals surface area contributed by atoms with E-state index in [0.29, 0.717) is 26.1 Å². The lowest BCUT2D eigenvalue weighted by Gasteiger charge is -2.41. The normalized spacial score (nSPS) is 20.3. The zero-order valence-corrected chi connectivity index (χ0v) is 22.0. The summed E-state index contributed by atoms with van der Waals surface area (Å²) in [6, 6.07) is 21.0. The Hall–Kier alpha value is -2.96. The fraction of sp³-hybridized carbons (Fsp3) is 0.400. The first-order valence-corrected chi connectivity index (χ1v) is 14.0. The van der Waals surface area contributed by atoms with Gasteiger partial charge in [-0.1, -0.05) is 49.4 Å². The zero-order valence-electron chi connectivity index (χ0n) is 21.2. The summed E-state index contributed by atoms with van der Waals surface area (Å²) in [6.45, 7) is 7.64. The molecule has 6 heteroatoms. The second-order valence-corrected chi connectivity index (χ2v) is 10.9. The van der Waals surface area contributed by atoms with Crippen LogP contribution in [0.3, 0.4) is 0 Å². The first kappa shape index (κ1) is 24.7. The Morgan fingerprint density at radius 1 is 0.972 bits per heavy atom. The van der Waals surface area contributed by atoms with Crippen molar-refractivity contribution in [2.45, 2.75) is 45.2 Å². The number of carbonyl (C=O) groups is 2. The van der Waals surface area contributed by atoms with Crippen molar-refractivity contribution in [2.75, 3.05) is 32.7 Å². The average molecular weight is 502 g/mol. The number of fused-ring (bicyclic) bond motifs is 1. The van der Waals surface area contributed by atoms with Gasteiger partial charge in [-0.3, -0.25) is 14.5 Å². The molecule has 0 aliphatic carbocycles. The van der Waals surface area contributed by atoms with Gasteiger partial charge >= 0.3 is 0 Å². The highest BCUT2D eigenvalue weighted by Gasteiger charge is 2.32. The van der Waals surface area contributed by atoms with Gasteiger partial charge in [0.2, 0.25) is 5.91 Å². The summed E-state index contributed by atoms with van der Waals surface area (Å²) in [5.41, 5.74) is 4.63. The molecular formula is C30H35N3O2S. The van der Waals surface area contributed by atoms with E-state index in [-0.39, 0.29) is 23.9 Å². The van der Waals surface area contributed by atoms with Gasteiger partial charge in [0, 0.05) is 55.6 Å². The van der Waals surface area contributed by atoms with Crippen molar-refractivity contribution in [1.29, 1.82) is 0 Å². The van der Waals surface area contributed by atoms with Crippen LogP contribution >= 0.6 is 11.3 Å². The third kappa shape index (κ3) is 5.11. The van der Waals surface area contributed by atoms with Crippen LogP contribution in [0.1, 0.15) is 58.2 Å². The summed E-state index contributed by atoms with van der Waals surface area (Å²) in [7, 11) is 0. The van der Waals surface area contributed by atoms with Crippen LogP contribution in [0.5, 0.6) is 0 Å². The Morgan fingerprint density at radius 2 is 1.75 bits per heavy atom. The molecule has 5 nitrogen and oxygen atoms in total. The Balaban J connectivity index is 1.20. The molecule has 2 amide bonds. The van der Waals surface area contributed by atoms with Crippen LogP contribution in [-0.4, -0.2) is 65.3 Å². The number of amides is 2. The topological polar surface area (TPSA) is 43.9 Å². The number of nitrogens with zero attached hydrogens (tertiary/aromatic N) is 3. The maximum atomic E-state index is 13.2. The van der Waals surface area contributed by atoms with E-state index >= 15 is 0 Å². The van der Waals surface area contributed by atoms with E-state index in [1.54, 1.807) is 0 Å². The number of aryl methyl sites for hydroxylation is 1. The molecule has 0 spiro atoms. The van der Waals surface area contributed by atoms with E-state index in [2.05, 4.69) is 53.6 Å². The van der Waals surface area contributed by atoms with E-state index in [4.69, 9.17) is 0 Å². The molecule has 0 saturated carbocycles. The van der Waals surface area contributed by atoms with Gasteiger partial charge < -0.3 is 9.80 Å². The minimum Gasteiger partial charge on any atom is -0.339 e. The third-order valence-corrected chi connectivity index (χ3v) is 8.64. The van der Waals surface area contributed by atoms with Crippen molar-refractivity contribution in [2.24, 2.45) is 0 Å². The molecule has 36 heavy (non-hydrogen) atoms. The minimum atomic E-state index is 0.00136. The van der Waals surface area contributed by atoms with Gasteiger partial charge in [0.1, 0.15) is 0 Å². The number of benzene rings is 2. The van der Waals surface area contributed by atoms with Crippen LogP contribution in [0, 0.1) is 0 Å². The van der Waals surface area contributed by atoms with Crippen molar-refractivity contribution < 1.29 is 9.59 Å². The molecule has 3 aromatic rings. The molecular weight excluding hydrogens is 466 g/mol. The third-order valence-electron chi connectivity index (χ3n) is 7.64. The number of rotatable bonds is 6. The number of thiophene rings is 1. The number of hydrogen-bond acceptors (Lipinski definition) is 4. The highest BCUT2D eigenvalue weighted by atomic mass is 32.1. The molecule has 0 N–H and O–H groups in total. The van der Waals surface area contributed by atoms with E-state index in [0.717, 1.165) is 31.5 Å². The Kier molecular flexibility index (Phi) is 7.54. The molecule has 1 fully saturated rings. The second-order valence-electron chi connectivity index (χ2n) is 9.89. The molecule has 0 bridgehead atoms. The minimum absolute atomic E-state index is 0.00136. The Morgan fingerprint density at radius 3 is 2.47 bits per heavy atom. The zero-order chi connectivity index (χ0) is 25.1. The molecule has 5 rings (SSSR count). The van der Waals surface area contributed by atoms with Crippen molar-refractivity contribution in [3.05, 3.63) is 93.2 Å². The Bertz CT molecular complexity index is 1190. The van der Waals surface area contributed by atoms with Gasteiger partial charge in [-0.25, -0.2) is 0 Å². The van der Waals surface area contributed by atoms with E-state index < -0.39 is 0 Å².